The van der Waals surface area contributed by atoms with E-state index in [-0.39, 0.29) is 16.1 Å². The van der Waals surface area contributed by atoms with Crippen molar-refractivity contribution in [2.75, 3.05) is 0 Å². The highest BCUT2D eigenvalue weighted by molar-refractivity contribution is 6.28. The van der Waals surface area contributed by atoms with Gasteiger partial charge in [-0.3, -0.25) is 0 Å². The van der Waals surface area contributed by atoms with Crippen LogP contribution in [-0.4, -0.2) is 15.0 Å². The number of nitrogens with zero attached hydrogens (tertiary/aromatic N) is 3. The number of hydrogen-bond donors (Lipinski definition) is 0. The van der Waals surface area contributed by atoms with Gasteiger partial charge in [0.05, 0.1) is 0 Å². The summed E-state index contributed by atoms with van der Waals surface area (Å²) in [6, 6.07) is 30.3. The lowest BCUT2D eigenvalue weighted by molar-refractivity contribution is 0.660. The molecule has 5 aromatic rings. The van der Waals surface area contributed by atoms with Crippen LogP contribution >= 0.6 is 11.6 Å². The molecule has 2 aliphatic carbocycles. The predicted molar refractivity (Wildman–Crippen MR) is 151 cm³/mol. The molecule has 4 aromatic carbocycles. The van der Waals surface area contributed by atoms with Crippen LogP contribution in [0.2, 0.25) is 5.28 Å². The first-order valence-electron chi connectivity index (χ1n) is 12.7. The fraction of sp³-hybridized carbons (Fsp3) is 0.182. The molecule has 1 heterocycles. The van der Waals surface area contributed by atoms with Crippen LogP contribution in [0, 0.1) is 0 Å². The number of fused-ring (bicyclic) bond motifs is 6. The maximum Gasteiger partial charge on any atom is 0.226 e. The Balaban J connectivity index is 1.35. The van der Waals surface area contributed by atoms with Gasteiger partial charge in [0.1, 0.15) is 0 Å². The molecule has 0 unspecified atom stereocenters. The van der Waals surface area contributed by atoms with Gasteiger partial charge >= 0.3 is 0 Å². The maximum absolute atomic E-state index is 6.47. The SMILES string of the molecule is CC1(C)c2ccccc2-c2cc(-c3nc(Cl)nc(-c4ccc5c(c4)-c4ccccc4C5(C)C)n3)ccc21. The zero-order valence-electron chi connectivity index (χ0n) is 21.3. The van der Waals surface area contributed by atoms with Gasteiger partial charge in [0, 0.05) is 22.0 Å². The Labute approximate surface area is 222 Å². The van der Waals surface area contributed by atoms with Gasteiger partial charge in [0.15, 0.2) is 11.6 Å². The number of hydrogen-bond acceptors (Lipinski definition) is 3. The van der Waals surface area contributed by atoms with E-state index in [0.717, 1.165) is 11.1 Å². The van der Waals surface area contributed by atoms with E-state index in [2.05, 4.69) is 123 Å². The highest BCUT2D eigenvalue weighted by atomic mass is 35.5. The Morgan fingerprint density at radius 3 is 1.35 bits per heavy atom. The second-order valence-electron chi connectivity index (χ2n) is 11.1. The van der Waals surface area contributed by atoms with Crippen LogP contribution in [0.4, 0.5) is 0 Å². The summed E-state index contributed by atoms with van der Waals surface area (Å²) in [7, 11) is 0. The van der Waals surface area contributed by atoms with Crippen molar-refractivity contribution < 1.29 is 0 Å². The molecule has 0 saturated carbocycles. The molecule has 0 amide bonds. The smallest absolute Gasteiger partial charge is 0.208 e. The zero-order chi connectivity index (χ0) is 25.5. The third kappa shape index (κ3) is 3.17. The molecule has 0 saturated heterocycles. The van der Waals surface area contributed by atoms with Crippen LogP contribution in [0.5, 0.6) is 0 Å². The molecule has 3 nitrogen and oxygen atoms in total. The maximum atomic E-state index is 6.47. The van der Waals surface area contributed by atoms with Crippen LogP contribution in [0.25, 0.3) is 45.0 Å². The van der Waals surface area contributed by atoms with Crippen LogP contribution < -0.4 is 0 Å². The Bertz CT molecular complexity index is 1620. The van der Waals surface area contributed by atoms with Gasteiger partial charge in [0.25, 0.3) is 0 Å². The Hall–Kier alpha value is -3.82. The molecule has 2 aliphatic rings. The van der Waals surface area contributed by atoms with Gasteiger partial charge in [-0.1, -0.05) is 100 Å². The fourth-order valence-corrected chi connectivity index (χ4v) is 6.49. The minimum atomic E-state index is -0.0408. The highest BCUT2D eigenvalue weighted by Gasteiger charge is 2.36. The molecule has 37 heavy (non-hydrogen) atoms. The second kappa shape index (κ2) is 7.60. The van der Waals surface area contributed by atoms with Crippen LogP contribution in [0.1, 0.15) is 49.9 Å². The first-order chi connectivity index (χ1) is 17.7. The van der Waals surface area contributed by atoms with Gasteiger partial charge in [-0.15, -0.1) is 0 Å². The third-order valence-electron chi connectivity index (χ3n) is 8.29. The van der Waals surface area contributed by atoms with Crippen molar-refractivity contribution in [1.82, 2.24) is 15.0 Å². The molecule has 0 spiro atoms. The van der Waals surface area contributed by atoms with E-state index in [1.165, 1.54) is 44.5 Å². The monoisotopic (exact) mass is 499 g/mol. The molecule has 0 bridgehead atoms. The average Bonchev–Trinajstić information content (AvgIpc) is 3.28. The molecule has 0 atom stereocenters. The van der Waals surface area contributed by atoms with Crippen molar-refractivity contribution in [3.8, 4) is 45.0 Å². The van der Waals surface area contributed by atoms with Crippen LogP contribution in [0.15, 0.2) is 84.9 Å². The Morgan fingerprint density at radius 2 is 0.892 bits per heavy atom. The summed E-state index contributed by atoms with van der Waals surface area (Å²) in [5.41, 5.74) is 12.1. The van der Waals surface area contributed by atoms with E-state index >= 15 is 0 Å². The normalized spacial score (nSPS) is 15.6. The molecule has 4 heteroatoms. The summed E-state index contributed by atoms with van der Waals surface area (Å²) in [5, 5.41) is 0.197. The number of aromatic nitrogens is 3. The van der Waals surface area contributed by atoms with E-state index in [1.807, 2.05) is 0 Å². The molecule has 0 N–H and O–H groups in total. The molecule has 0 aliphatic heterocycles. The summed E-state index contributed by atoms with van der Waals surface area (Å²) < 4.78 is 0. The van der Waals surface area contributed by atoms with Gasteiger partial charge in [0.2, 0.25) is 5.28 Å². The molecule has 7 rings (SSSR count). The van der Waals surface area contributed by atoms with Crippen LogP contribution in [0.3, 0.4) is 0 Å². The minimum Gasteiger partial charge on any atom is -0.208 e. The fourth-order valence-electron chi connectivity index (χ4n) is 6.33. The first kappa shape index (κ1) is 22.4. The highest BCUT2D eigenvalue weighted by Crippen LogP contribution is 2.50. The minimum absolute atomic E-state index is 0.0408. The summed E-state index contributed by atoms with van der Waals surface area (Å²) in [6.07, 6.45) is 0. The van der Waals surface area contributed by atoms with Gasteiger partial charge in [-0.05, 0) is 68.2 Å². The predicted octanol–water partition coefficient (Wildman–Crippen LogP) is 8.47. The van der Waals surface area contributed by atoms with Crippen molar-refractivity contribution in [3.63, 3.8) is 0 Å². The number of benzene rings is 4. The van der Waals surface area contributed by atoms with Gasteiger partial charge in [-0.25, -0.2) is 4.98 Å². The molecular formula is C33H26ClN3. The lowest BCUT2D eigenvalue weighted by Gasteiger charge is -2.21. The van der Waals surface area contributed by atoms with Crippen LogP contribution in [-0.2, 0) is 10.8 Å². The Kier molecular flexibility index (Phi) is 4.59. The molecule has 1 aromatic heterocycles. The van der Waals surface area contributed by atoms with Gasteiger partial charge < -0.3 is 0 Å². The van der Waals surface area contributed by atoms with E-state index < -0.39 is 0 Å². The van der Waals surface area contributed by atoms with Gasteiger partial charge in [-0.2, -0.15) is 9.97 Å². The molecular weight excluding hydrogens is 474 g/mol. The van der Waals surface area contributed by atoms with Crippen molar-refractivity contribution in [2.24, 2.45) is 0 Å². The van der Waals surface area contributed by atoms with Crippen molar-refractivity contribution in [3.05, 3.63) is 112 Å². The average molecular weight is 500 g/mol. The quantitative estimate of drug-likeness (QED) is 0.244. The van der Waals surface area contributed by atoms with Crippen molar-refractivity contribution in [1.29, 1.82) is 0 Å². The largest absolute Gasteiger partial charge is 0.226 e. The summed E-state index contributed by atoms with van der Waals surface area (Å²) >= 11 is 6.47. The standard InChI is InChI=1S/C33H26ClN3/c1-32(2)25-11-7-5-9-21(25)23-17-19(13-15-27(23)32)29-35-30(37-31(34)36-29)20-14-16-28-24(18-20)22-10-6-8-12-26(22)33(28,3)4/h5-18H,1-4H3. The van der Waals surface area contributed by atoms with Crippen molar-refractivity contribution in [2.45, 2.75) is 38.5 Å². The van der Waals surface area contributed by atoms with E-state index in [9.17, 15) is 0 Å². The molecule has 0 radical (unpaired) electrons. The van der Waals surface area contributed by atoms with Crippen molar-refractivity contribution >= 4 is 11.6 Å². The Morgan fingerprint density at radius 1 is 0.486 bits per heavy atom. The zero-order valence-corrected chi connectivity index (χ0v) is 22.1. The summed E-state index contributed by atoms with van der Waals surface area (Å²) in [6.45, 7) is 9.12. The third-order valence-corrected chi connectivity index (χ3v) is 8.46. The molecule has 0 fully saturated rings. The summed E-state index contributed by atoms with van der Waals surface area (Å²) in [4.78, 5) is 13.9. The summed E-state index contributed by atoms with van der Waals surface area (Å²) in [5.74, 6) is 1.17. The number of rotatable bonds is 2. The first-order valence-corrected chi connectivity index (χ1v) is 13.0. The van der Waals surface area contributed by atoms with E-state index in [0.29, 0.717) is 11.6 Å². The molecule has 180 valence electrons. The lowest BCUT2D eigenvalue weighted by Crippen LogP contribution is -2.14. The lowest BCUT2D eigenvalue weighted by atomic mass is 9.82. The topological polar surface area (TPSA) is 38.7 Å². The van der Waals surface area contributed by atoms with E-state index in [1.54, 1.807) is 0 Å². The second-order valence-corrected chi connectivity index (χ2v) is 11.5. The van der Waals surface area contributed by atoms with E-state index in [4.69, 9.17) is 16.6 Å². The number of halogens is 1.